The van der Waals surface area contributed by atoms with E-state index in [4.69, 9.17) is 4.74 Å². The van der Waals surface area contributed by atoms with Gasteiger partial charge >= 0.3 is 6.18 Å². The van der Waals surface area contributed by atoms with Gasteiger partial charge in [-0.2, -0.15) is 13.2 Å². The van der Waals surface area contributed by atoms with Crippen LogP contribution in [-0.2, 0) is 11.3 Å². The van der Waals surface area contributed by atoms with E-state index in [0.29, 0.717) is 21.3 Å². The third kappa shape index (κ3) is 5.43. The number of hydrogen-bond acceptors (Lipinski definition) is 3. The average molecular weight is 535 g/mol. The largest absolute Gasteiger partial charge is 0.406 e. The average Bonchev–Trinajstić information content (AvgIpc) is 2.98. The van der Waals surface area contributed by atoms with Crippen molar-refractivity contribution in [2.75, 3.05) is 31.6 Å². The van der Waals surface area contributed by atoms with Gasteiger partial charge in [0.2, 0.25) is 0 Å². The second-order valence-electron chi connectivity index (χ2n) is 8.41. The highest BCUT2D eigenvalue weighted by Crippen LogP contribution is 2.33. The van der Waals surface area contributed by atoms with Crippen LogP contribution in [0.2, 0.25) is 0 Å². The molecule has 0 atom stereocenters. The minimum Gasteiger partial charge on any atom is -0.382 e. The van der Waals surface area contributed by atoms with Gasteiger partial charge in [0.25, 0.3) is 0 Å². The molecule has 1 saturated carbocycles. The SMILES string of the molecule is FC(F)(F)Cn1c(I)cc2c(NC3CCC(N4CCCOCCC4)CC3)cccc21. The number of benzene rings is 1. The maximum atomic E-state index is 13.0. The molecule has 4 nitrogen and oxygen atoms in total. The highest BCUT2D eigenvalue weighted by atomic mass is 127. The first kappa shape index (κ1) is 22.2. The summed E-state index contributed by atoms with van der Waals surface area (Å²) < 4.78 is 46.5. The number of nitrogens with one attached hydrogen (secondary N) is 1. The van der Waals surface area contributed by atoms with Gasteiger partial charge in [0.1, 0.15) is 6.54 Å². The summed E-state index contributed by atoms with van der Waals surface area (Å²) in [6.07, 6.45) is 2.50. The Morgan fingerprint density at radius 3 is 2.43 bits per heavy atom. The summed E-state index contributed by atoms with van der Waals surface area (Å²) in [4.78, 5) is 2.64. The number of nitrogens with zero attached hydrogens (tertiary/aromatic N) is 2. The zero-order chi connectivity index (χ0) is 21.1. The normalized spacial score (nSPS) is 24.5. The van der Waals surface area contributed by atoms with Crippen molar-refractivity contribution in [3.05, 3.63) is 28.0 Å². The molecule has 8 heteroatoms. The molecule has 2 aliphatic rings. The minimum absolute atomic E-state index is 0.369. The van der Waals surface area contributed by atoms with E-state index in [-0.39, 0.29) is 0 Å². The molecular weight excluding hydrogens is 506 g/mol. The van der Waals surface area contributed by atoms with Crippen LogP contribution < -0.4 is 5.32 Å². The van der Waals surface area contributed by atoms with Crippen LogP contribution in [0, 0.1) is 3.70 Å². The Morgan fingerprint density at radius 1 is 1.07 bits per heavy atom. The van der Waals surface area contributed by atoms with Crippen LogP contribution in [0.15, 0.2) is 24.3 Å². The monoisotopic (exact) mass is 535 g/mol. The Labute approximate surface area is 189 Å². The van der Waals surface area contributed by atoms with Gasteiger partial charge in [-0.1, -0.05) is 6.07 Å². The van der Waals surface area contributed by atoms with Crippen LogP contribution in [0.1, 0.15) is 38.5 Å². The smallest absolute Gasteiger partial charge is 0.382 e. The molecule has 1 aromatic heterocycles. The van der Waals surface area contributed by atoms with Gasteiger partial charge in [-0.15, -0.1) is 0 Å². The fraction of sp³-hybridized carbons (Fsp3) is 0.636. The van der Waals surface area contributed by atoms with E-state index < -0.39 is 12.7 Å². The fourth-order valence-electron chi connectivity index (χ4n) is 4.84. The molecule has 1 saturated heterocycles. The molecule has 1 N–H and O–H groups in total. The number of anilines is 1. The predicted octanol–water partition coefficient (Wildman–Crippen LogP) is 5.64. The number of hydrogen-bond donors (Lipinski definition) is 1. The zero-order valence-corrected chi connectivity index (χ0v) is 19.2. The van der Waals surface area contributed by atoms with E-state index >= 15 is 0 Å². The topological polar surface area (TPSA) is 29.4 Å². The number of aromatic nitrogens is 1. The Hall–Kier alpha value is -1.00. The predicted molar refractivity (Wildman–Crippen MR) is 122 cm³/mol. The molecule has 0 spiro atoms. The van der Waals surface area contributed by atoms with E-state index in [9.17, 15) is 13.2 Å². The Bertz CT molecular complexity index is 838. The van der Waals surface area contributed by atoms with E-state index in [1.165, 1.54) is 17.4 Å². The molecule has 1 aromatic carbocycles. The molecule has 1 aliphatic heterocycles. The fourth-order valence-corrected chi connectivity index (χ4v) is 5.58. The molecule has 0 radical (unpaired) electrons. The summed E-state index contributed by atoms with van der Waals surface area (Å²) in [5, 5.41) is 4.51. The molecular formula is C22H29F3IN3O. The Morgan fingerprint density at radius 2 is 1.77 bits per heavy atom. The maximum Gasteiger partial charge on any atom is 0.406 e. The van der Waals surface area contributed by atoms with Gasteiger partial charge in [0.15, 0.2) is 0 Å². The van der Waals surface area contributed by atoms with Crippen molar-refractivity contribution >= 4 is 39.2 Å². The molecule has 166 valence electrons. The van der Waals surface area contributed by atoms with Crippen molar-refractivity contribution in [2.45, 2.75) is 63.3 Å². The number of rotatable bonds is 4. The lowest BCUT2D eigenvalue weighted by Gasteiger charge is -2.38. The minimum atomic E-state index is -4.23. The lowest BCUT2D eigenvalue weighted by Crippen LogP contribution is -2.42. The van der Waals surface area contributed by atoms with Crippen LogP contribution in [0.25, 0.3) is 10.9 Å². The first-order valence-corrected chi connectivity index (χ1v) is 11.9. The van der Waals surface area contributed by atoms with Crippen molar-refractivity contribution in [3.8, 4) is 0 Å². The highest BCUT2D eigenvalue weighted by Gasteiger charge is 2.30. The van der Waals surface area contributed by atoms with Crippen molar-refractivity contribution in [1.82, 2.24) is 9.47 Å². The number of alkyl halides is 3. The number of halogens is 4. The summed E-state index contributed by atoms with van der Waals surface area (Å²) in [7, 11) is 0. The van der Waals surface area contributed by atoms with Gasteiger partial charge in [-0.25, -0.2) is 0 Å². The lowest BCUT2D eigenvalue weighted by atomic mass is 9.89. The van der Waals surface area contributed by atoms with Crippen molar-refractivity contribution in [3.63, 3.8) is 0 Å². The summed E-state index contributed by atoms with van der Waals surface area (Å²) >= 11 is 1.99. The first-order valence-electron chi connectivity index (χ1n) is 10.8. The van der Waals surface area contributed by atoms with Crippen LogP contribution in [-0.4, -0.2) is 54.0 Å². The number of ether oxygens (including phenoxy) is 1. The maximum absolute atomic E-state index is 13.0. The Balaban J connectivity index is 1.41. The Kier molecular flexibility index (Phi) is 7.14. The van der Waals surface area contributed by atoms with Crippen LogP contribution >= 0.6 is 22.6 Å². The van der Waals surface area contributed by atoms with Crippen molar-refractivity contribution in [2.24, 2.45) is 0 Å². The zero-order valence-electron chi connectivity index (χ0n) is 17.1. The highest BCUT2D eigenvalue weighted by molar-refractivity contribution is 14.1. The van der Waals surface area contributed by atoms with Crippen molar-refractivity contribution < 1.29 is 17.9 Å². The second-order valence-corrected chi connectivity index (χ2v) is 9.52. The molecule has 30 heavy (non-hydrogen) atoms. The second kappa shape index (κ2) is 9.65. The van der Waals surface area contributed by atoms with E-state index in [1.807, 2.05) is 40.8 Å². The van der Waals surface area contributed by atoms with Gasteiger partial charge < -0.3 is 19.5 Å². The molecule has 2 aromatic rings. The first-order chi connectivity index (χ1) is 14.4. The quantitative estimate of drug-likeness (QED) is 0.514. The van der Waals surface area contributed by atoms with E-state index in [2.05, 4.69) is 10.2 Å². The standard InChI is InChI=1S/C22H29F3IN3O/c23-22(24,25)15-29-20-5-1-4-19(18(20)14-21(29)26)27-16-6-8-17(9-7-16)28-10-2-12-30-13-3-11-28/h1,4-5,14,16-17,27H,2-3,6-13,15H2. The van der Waals surface area contributed by atoms with Gasteiger partial charge in [0.05, 0.1) is 9.22 Å². The molecule has 0 bridgehead atoms. The van der Waals surface area contributed by atoms with Crippen molar-refractivity contribution in [1.29, 1.82) is 0 Å². The summed E-state index contributed by atoms with van der Waals surface area (Å²) in [6.45, 7) is 3.01. The molecule has 2 fully saturated rings. The third-order valence-corrected chi connectivity index (χ3v) is 7.17. The molecule has 1 aliphatic carbocycles. The van der Waals surface area contributed by atoms with E-state index in [0.717, 1.165) is 63.1 Å². The summed E-state index contributed by atoms with van der Waals surface area (Å²) in [5.74, 6) is 0. The van der Waals surface area contributed by atoms with Gasteiger partial charge in [-0.05, 0) is 79.3 Å². The van der Waals surface area contributed by atoms with Crippen LogP contribution in [0.3, 0.4) is 0 Å². The molecule has 4 rings (SSSR count). The van der Waals surface area contributed by atoms with Crippen LogP contribution in [0.5, 0.6) is 0 Å². The van der Waals surface area contributed by atoms with Gasteiger partial charge in [-0.3, -0.25) is 0 Å². The summed E-state index contributed by atoms with van der Waals surface area (Å²) in [5.41, 5.74) is 1.58. The number of fused-ring (bicyclic) bond motifs is 1. The summed E-state index contributed by atoms with van der Waals surface area (Å²) in [6, 6.07) is 8.48. The van der Waals surface area contributed by atoms with E-state index in [1.54, 1.807) is 6.07 Å². The molecule has 0 amide bonds. The van der Waals surface area contributed by atoms with Crippen LogP contribution in [0.4, 0.5) is 18.9 Å². The van der Waals surface area contributed by atoms with Gasteiger partial charge in [0, 0.05) is 49.5 Å². The third-order valence-electron chi connectivity index (χ3n) is 6.27. The molecule has 2 heterocycles. The molecule has 0 unspecified atom stereocenters. The lowest BCUT2D eigenvalue weighted by molar-refractivity contribution is -0.140.